The summed E-state index contributed by atoms with van der Waals surface area (Å²) >= 11 is 17.9. The second-order valence-corrected chi connectivity index (χ2v) is 8.15. The van der Waals surface area contributed by atoms with Crippen LogP contribution in [0.15, 0.2) is 36.4 Å². The first-order chi connectivity index (χ1) is 13.9. The van der Waals surface area contributed by atoms with Crippen molar-refractivity contribution >= 4 is 58.0 Å². The molecule has 29 heavy (non-hydrogen) atoms. The minimum absolute atomic E-state index is 0.0377. The average molecular weight is 455 g/mol. The van der Waals surface area contributed by atoms with Crippen molar-refractivity contribution in [1.29, 1.82) is 0 Å². The third-order valence-corrected chi connectivity index (χ3v) is 5.80. The molecule has 0 aromatic heterocycles. The van der Waals surface area contributed by atoms with Crippen molar-refractivity contribution < 1.29 is 9.59 Å². The Morgan fingerprint density at radius 3 is 2.14 bits per heavy atom. The van der Waals surface area contributed by atoms with Crippen LogP contribution < -0.4 is 10.6 Å². The Balaban J connectivity index is 1.54. The predicted molar refractivity (Wildman–Crippen MR) is 119 cm³/mol. The lowest BCUT2D eigenvalue weighted by Gasteiger charge is -2.20. The summed E-state index contributed by atoms with van der Waals surface area (Å²) in [4.78, 5) is 26.7. The van der Waals surface area contributed by atoms with Crippen molar-refractivity contribution in [3.63, 3.8) is 0 Å². The van der Waals surface area contributed by atoms with Gasteiger partial charge in [-0.2, -0.15) is 0 Å². The lowest BCUT2D eigenvalue weighted by Crippen LogP contribution is -2.31. The van der Waals surface area contributed by atoms with Crippen LogP contribution in [-0.2, 0) is 4.79 Å². The van der Waals surface area contributed by atoms with Crippen LogP contribution in [0.2, 0.25) is 15.1 Å². The molecule has 0 aliphatic carbocycles. The maximum atomic E-state index is 12.6. The van der Waals surface area contributed by atoms with Crippen LogP contribution in [0.3, 0.4) is 0 Å². The molecule has 154 valence electrons. The van der Waals surface area contributed by atoms with E-state index < -0.39 is 0 Å². The Morgan fingerprint density at radius 2 is 1.48 bits per heavy atom. The van der Waals surface area contributed by atoms with Gasteiger partial charge in [-0.15, -0.1) is 0 Å². The Bertz CT molecular complexity index is 879. The van der Waals surface area contributed by atoms with Gasteiger partial charge in [0.05, 0.1) is 27.3 Å². The summed E-state index contributed by atoms with van der Waals surface area (Å²) < 4.78 is 0. The van der Waals surface area contributed by atoms with Crippen molar-refractivity contribution in [1.82, 2.24) is 4.90 Å². The molecule has 0 radical (unpaired) electrons. The lowest BCUT2D eigenvalue weighted by atomic mass is 10.1. The number of benzene rings is 2. The minimum atomic E-state index is -0.282. The molecular weight excluding hydrogens is 433 g/mol. The molecule has 1 aliphatic heterocycles. The SMILES string of the molecule is O=C(CNc1ccc(C(=O)N2CCCCCC2)cc1)Nc1cc(Cl)c(Cl)cc1Cl. The van der Waals surface area contributed by atoms with Gasteiger partial charge in [0.1, 0.15) is 0 Å². The molecule has 2 amide bonds. The van der Waals surface area contributed by atoms with E-state index in [4.69, 9.17) is 34.8 Å². The van der Waals surface area contributed by atoms with Gasteiger partial charge in [0.25, 0.3) is 5.91 Å². The van der Waals surface area contributed by atoms with E-state index in [0.29, 0.717) is 26.3 Å². The Labute approximate surface area is 185 Å². The topological polar surface area (TPSA) is 61.4 Å². The summed E-state index contributed by atoms with van der Waals surface area (Å²) in [6.45, 7) is 1.67. The molecule has 2 aromatic carbocycles. The summed E-state index contributed by atoms with van der Waals surface area (Å²) in [5.74, 6) is -0.222. The molecule has 1 saturated heterocycles. The quantitative estimate of drug-likeness (QED) is 0.569. The van der Waals surface area contributed by atoms with Gasteiger partial charge in [-0.05, 0) is 49.2 Å². The number of nitrogens with zero attached hydrogens (tertiary/aromatic N) is 1. The van der Waals surface area contributed by atoms with E-state index in [-0.39, 0.29) is 18.4 Å². The predicted octanol–water partition coefficient (Wildman–Crippen LogP) is 5.71. The molecule has 0 atom stereocenters. The highest BCUT2D eigenvalue weighted by Gasteiger charge is 2.17. The lowest BCUT2D eigenvalue weighted by molar-refractivity contribution is -0.114. The Hall–Kier alpha value is -1.95. The molecule has 2 aromatic rings. The van der Waals surface area contributed by atoms with Crippen molar-refractivity contribution in [2.24, 2.45) is 0 Å². The highest BCUT2D eigenvalue weighted by Crippen LogP contribution is 2.32. The maximum absolute atomic E-state index is 12.6. The highest BCUT2D eigenvalue weighted by atomic mass is 35.5. The van der Waals surface area contributed by atoms with E-state index in [9.17, 15) is 9.59 Å². The van der Waals surface area contributed by atoms with Gasteiger partial charge in [0.2, 0.25) is 5.91 Å². The second-order valence-electron chi connectivity index (χ2n) is 6.93. The van der Waals surface area contributed by atoms with E-state index in [1.165, 1.54) is 25.0 Å². The molecule has 8 heteroatoms. The molecule has 0 bridgehead atoms. The molecular formula is C21H22Cl3N3O2. The highest BCUT2D eigenvalue weighted by molar-refractivity contribution is 6.44. The smallest absolute Gasteiger partial charge is 0.253 e. The number of likely N-dealkylation sites (tertiary alicyclic amines) is 1. The van der Waals surface area contributed by atoms with E-state index >= 15 is 0 Å². The van der Waals surface area contributed by atoms with Gasteiger partial charge >= 0.3 is 0 Å². The third kappa shape index (κ3) is 6.01. The van der Waals surface area contributed by atoms with Crippen LogP contribution in [0.1, 0.15) is 36.0 Å². The number of hydrogen-bond acceptors (Lipinski definition) is 3. The number of anilines is 2. The van der Waals surface area contributed by atoms with Crippen LogP contribution >= 0.6 is 34.8 Å². The van der Waals surface area contributed by atoms with Crippen LogP contribution in [-0.4, -0.2) is 36.3 Å². The van der Waals surface area contributed by atoms with Crippen LogP contribution in [0, 0.1) is 0 Å². The van der Waals surface area contributed by atoms with Gasteiger partial charge in [0.15, 0.2) is 0 Å². The molecule has 1 aliphatic rings. The van der Waals surface area contributed by atoms with Crippen molar-refractivity contribution in [2.75, 3.05) is 30.3 Å². The molecule has 0 spiro atoms. The largest absolute Gasteiger partial charge is 0.376 e. The fraction of sp³-hybridized carbons (Fsp3) is 0.333. The van der Waals surface area contributed by atoms with Crippen LogP contribution in [0.4, 0.5) is 11.4 Å². The summed E-state index contributed by atoms with van der Waals surface area (Å²) in [5.41, 5.74) is 1.79. The van der Waals surface area contributed by atoms with Crippen molar-refractivity contribution in [2.45, 2.75) is 25.7 Å². The van der Waals surface area contributed by atoms with Gasteiger partial charge in [0, 0.05) is 24.3 Å². The van der Waals surface area contributed by atoms with Gasteiger partial charge in [-0.25, -0.2) is 0 Å². The molecule has 1 heterocycles. The summed E-state index contributed by atoms with van der Waals surface area (Å²) in [6, 6.07) is 10.1. The zero-order chi connectivity index (χ0) is 20.8. The van der Waals surface area contributed by atoms with Crippen molar-refractivity contribution in [3.8, 4) is 0 Å². The summed E-state index contributed by atoms with van der Waals surface area (Å²) in [5, 5.41) is 6.66. The Morgan fingerprint density at radius 1 is 0.862 bits per heavy atom. The van der Waals surface area contributed by atoms with Crippen LogP contribution in [0.25, 0.3) is 0 Å². The normalized spacial score (nSPS) is 14.2. The minimum Gasteiger partial charge on any atom is -0.376 e. The second kappa shape index (κ2) is 10.2. The van der Waals surface area contributed by atoms with E-state index in [2.05, 4.69) is 10.6 Å². The zero-order valence-electron chi connectivity index (χ0n) is 15.8. The number of carbonyl (C=O) groups is 2. The number of halogens is 3. The molecule has 0 saturated carbocycles. The van der Waals surface area contributed by atoms with Crippen molar-refractivity contribution in [3.05, 3.63) is 57.0 Å². The van der Waals surface area contributed by atoms with E-state index in [1.54, 1.807) is 24.3 Å². The zero-order valence-corrected chi connectivity index (χ0v) is 18.1. The van der Waals surface area contributed by atoms with E-state index in [0.717, 1.165) is 31.6 Å². The summed E-state index contributed by atoms with van der Waals surface area (Å²) in [6.07, 6.45) is 4.48. The Kier molecular flexibility index (Phi) is 7.64. The summed E-state index contributed by atoms with van der Waals surface area (Å²) in [7, 11) is 0. The van der Waals surface area contributed by atoms with Gasteiger partial charge < -0.3 is 15.5 Å². The fourth-order valence-corrected chi connectivity index (χ4v) is 3.78. The molecule has 0 unspecified atom stereocenters. The van der Waals surface area contributed by atoms with E-state index in [1.807, 2.05) is 4.90 Å². The van der Waals surface area contributed by atoms with Gasteiger partial charge in [-0.3, -0.25) is 9.59 Å². The van der Waals surface area contributed by atoms with Gasteiger partial charge in [-0.1, -0.05) is 47.6 Å². The number of amides is 2. The number of hydrogen-bond donors (Lipinski definition) is 2. The fourth-order valence-electron chi connectivity index (χ4n) is 3.18. The first-order valence-corrected chi connectivity index (χ1v) is 10.6. The standard InChI is InChI=1S/C21H22Cl3N3O2/c22-16-11-18(24)19(12-17(16)23)26-20(28)13-25-15-7-5-14(6-8-15)21(29)27-9-3-1-2-4-10-27/h5-8,11-12,25H,1-4,9-10,13H2,(H,26,28). The van der Waals surface area contributed by atoms with Crippen LogP contribution in [0.5, 0.6) is 0 Å². The maximum Gasteiger partial charge on any atom is 0.253 e. The number of nitrogens with one attached hydrogen (secondary N) is 2. The monoisotopic (exact) mass is 453 g/mol. The molecule has 1 fully saturated rings. The number of carbonyl (C=O) groups excluding carboxylic acids is 2. The first-order valence-electron chi connectivity index (χ1n) is 9.51. The average Bonchev–Trinajstić information content (AvgIpc) is 3.00. The molecule has 5 nitrogen and oxygen atoms in total. The first kappa shape index (κ1) is 21.8. The molecule has 2 N–H and O–H groups in total. The third-order valence-electron chi connectivity index (χ3n) is 4.76. The molecule has 3 rings (SSSR count). The number of rotatable bonds is 5.